The smallest absolute Gasteiger partial charge is 0.191 e. The third-order valence-electron chi connectivity index (χ3n) is 0.202. The summed E-state index contributed by atoms with van der Waals surface area (Å²) in [4.78, 5) is 3.29. The van der Waals surface area contributed by atoms with E-state index in [2.05, 4.69) is 31.1 Å². The van der Waals surface area contributed by atoms with Crippen molar-refractivity contribution in [2.75, 3.05) is 0 Å². The standard InChI is InChI=1S/C3H8.C2H5N3S/c1-3-2;3-1-5-2(4)6/h3H2,1-2H3;1H,(H4,3,4,5,6). The predicted octanol–water partition coefficient (Wildman–Crippen LogP) is 0.633. The lowest BCUT2D eigenvalue weighted by molar-refractivity contribution is 1.09. The first-order valence-corrected chi connectivity index (χ1v) is 3.13. The summed E-state index contributed by atoms with van der Waals surface area (Å²) in [5.41, 5.74) is 9.63. The van der Waals surface area contributed by atoms with Gasteiger partial charge in [0.2, 0.25) is 0 Å². The Balaban J connectivity index is 0. The van der Waals surface area contributed by atoms with Gasteiger partial charge in [0.05, 0.1) is 6.34 Å². The first kappa shape index (κ1) is 11.2. The molecule has 4 N–H and O–H groups in total. The first-order valence-electron chi connectivity index (χ1n) is 2.72. The van der Waals surface area contributed by atoms with E-state index >= 15 is 0 Å². The van der Waals surface area contributed by atoms with Crippen molar-refractivity contribution in [3.8, 4) is 0 Å². The van der Waals surface area contributed by atoms with Crippen LogP contribution in [0.1, 0.15) is 20.3 Å². The summed E-state index contributed by atoms with van der Waals surface area (Å²) in [6.45, 7) is 4.25. The van der Waals surface area contributed by atoms with E-state index in [-0.39, 0.29) is 5.11 Å². The minimum Gasteiger partial charge on any atom is -0.390 e. The van der Waals surface area contributed by atoms with E-state index in [0.717, 1.165) is 6.34 Å². The van der Waals surface area contributed by atoms with Crippen LogP contribution in [0.4, 0.5) is 0 Å². The molecule has 0 aliphatic rings. The number of nitrogens with zero attached hydrogens (tertiary/aromatic N) is 1. The zero-order valence-electron chi connectivity index (χ0n) is 5.79. The largest absolute Gasteiger partial charge is 0.390 e. The number of aliphatic imine (C=N–C) groups is 1. The first-order chi connectivity index (χ1) is 4.18. The van der Waals surface area contributed by atoms with E-state index in [1.54, 1.807) is 0 Å². The second-order valence-corrected chi connectivity index (χ2v) is 1.74. The molecule has 0 fully saturated rings. The molecule has 0 radical (unpaired) electrons. The summed E-state index contributed by atoms with van der Waals surface area (Å²) in [6, 6.07) is 0. The van der Waals surface area contributed by atoms with Crippen molar-refractivity contribution in [2.24, 2.45) is 16.5 Å². The molecule has 3 nitrogen and oxygen atoms in total. The molecule has 9 heavy (non-hydrogen) atoms. The van der Waals surface area contributed by atoms with Crippen molar-refractivity contribution in [1.82, 2.24) is 0 Å². The summed E-state index contributed by atoms with van der Waals surface area (Å²) < 4.78 is 0. The molecule has 0 rings (SSSR count). The SMILES string of the molecule is CCC.N/C=N\C(N)=S. The third-order valence-corrected chi connectivity index (χ3v) is 0.307. The number of hydrogen-bond acceptors (Lipinski definition) is 1. The fourth-order valence-electron chi connectivity index (χ4n) is 0.0735. The fraction of sp³-hybridized carbons (Fsp3) is 0.600. The highest BCUT2D eigenvalue weighted by atomic mass is 32.1. The van der Waals surface area contributed by atoms with Crippen molar-refractivity contribution in [3.05, 3.63) is 0 Å². The summed E-state index contributed by atoms with van der Waals surface area (Å²) >= 11 is 4.29. The molecule has 4 heteroatoms. The van der Waals surface area contributed by atoms with E-state index in [4.69, 9.17) is 11.5 Å². The van der Waals surface area contributed by atoms with Crippen molar-refractivity contribution >= 4 is 23.7 Å². The van der Waals surface area contributed by atoms with Crippen LogP contribution in [0.25, 0.3) is 0 Å². The molecule has 0 spiro atoms. The molecular formula is C5H13N3S. The average molecular weight is 147 g/mol. The van der Waals surface area contributed by atoms with Gasteiger partial charge in [-0.1, -0.05) is 20.3 Å². The molecule has 0 saturated carbocycles. The third kappa shape index (κ3) is 38.0. The topological polar surface area (TPSA) is 64.4 Å². The Labute approximate surface area is 61.1 Å². The maximum absolute atomic E-state index is 4.86. The average Bonchev–Trinajstić information content (AvgIpc) is 1.67. The van der Waals surface area contributed by atoms with Crippen LogP contribution >= 0.6 is 12.2 Å². The van der Waals surface area contributed by atoms with Crippen molar-refractivity contribution in [3.63, 3.8) is 0 Å². The molecule has 0 atom stereocenters. The second-order valence-electron chi connectivity index (χ2n) is 1.32. The van der Waals surface area contributed by atoms with Crippen molar-refractivity contribution in [1.29, 1.82) is 0 Å². The Kier molecular flexibility index (Phi) is 12.9. The van der Waals surface area contributed by atoms with E-state index in [9.17, 15) is 0 Å². The van der Waals surface area contributed by atoms with E-state index in [0.29, 0.717) is 0 Å². The maximum atomic E-state index is 4.86. The Bertz CT molecular complexity index is 90.2. The Hall–Kier alpha value is -0.640. The van der Waals surface area contributed by atoms with Crippen LogP contribution in [-0.2, 0) is 0 Å². The van der Waals surface area contributed by atoms with Gasteiger partial charge in [-0.3, -0.25) is 0 Å². The molecule has 0 saturated heterocycles. The summed E-state index contributed by atoms with van der Waals surface area (Å²) in [5.74, 6) is 0. The highest BCUT2D eigenvalue weighted by Crippen LogP contribution is 1.59. The molecule has 0 aliphatic heterocycles. The van der Waals surface area contributed by atoms with E-state index in [1.807, 2.05) is 0 Å². The lowest BCUT2D eigenvalue weighted by Gasteiger charge is -1.75. The van der Waals surface area contributed by atoms with Gasteiger partial charge >= 0.3 is 0 Å². The molecule has 0 bridgehead atoms. The minimum atomic E-state index is 0.0671. The summed E-state index contributed by atoms with van der Waals surface area (Å²) in [5, 5.41) is 0.0671. The summed E-state index contributed by atoms with van der Waals surface area (Å²) in [7, 11) is 0. The van der Waals surface area contributed by atoms with Crippen LogP contribution < -0.4 is 11.5 Å². The molecule has 0 aromatic rings. The maximum Gasteiger partial charge on any atom is 0.191 e. The second kappa shape index (κ2) is 10.4. The molecule has 0 aliphatic carbocycles. The molecule has 0 aromatic heterocycles. The van der Waals surface area contributed by atoms with Crippen LogP contribution in [0.5, 0.6) is 0 Å². The minimum absolute atomic E-state index is 0.0671. The van der Waals surface area contributed by atoms with Gasteiger partial charge in [0.1, 0.15) is 0 Å². The summed E-state index contributed by atoms with van der Waals surface area (Å²) in [6.07, 6.45) is 2.31. The molecule has 54 valence electrons. The van der Waals surface area contributed by atoms with Crippen LogP contribution in [0, 0.1) is 0 Å². The number of thiocarbonyl (C=S) groups is 1. The van der Waals surface area contributed by atoms with Crippen LogP contribution in [-0.4, -0.2) is 11.5 Å². The van der Waals surface area contributed by atoms with Gasteiger partial charge in [-0.05, 0) is 12.2 Å². The van der Waals surface area contributed by atoms with Gasteiger partial charge in [-0.25, -0.2) is 4.99 Å². The van der Waals surface area contributed by atoms with Gasteiger partial charge in [0, 0.05) is 0 Å². The zero-order chi connectivity index (χ0) is 7.70. The zero-order valence-corrected chi connectivity index (χ0v) is 6.61. The van der Waals surface area contributed by atoms with E-state index in [1.165, 1.54) is 6.42 Å². The van der Waals surface area contributed by atoms with Crippen molar-refractivity contribution in [2.45, 2.75) is 20.3 Å². The van der Waals surface area contributed by atoms with Crippen LogP contribution in [0.2, 0.25) is 0 Å². The fourth-order valence-corrected chi connectivity index (χ4v) is 0.134. The lowest BCUT2D eigenvalue weighted by atomic mass is 10.6. The lowest BCUT2D eigenvalue weighted by Crippen LogP contribution is -2.05. The predicted molar refractivity (Wildman–Crippen MR) is 45.4 cm³/mol. The van der Waals surface area contributed by atoms with Gasteiger partial charge in [-0.2, -0.15) is 0 Å². The van der Waals surface area contributed by atoms with Gasteiger partial charge < -0.3 is 11.5 Å². The number of rotatable bonds is 0. The Morgan fingerprint density at radius 2 is 2.00 bits per heavy atom. The van der Waals surface area contributed by atoms with Crippen LogP contribution in [0.15, 0.2) is 4.99 Å². The highest BCUT2D eigenvalue weighted by molar-refractivity contribution is 7.80. The van der Waals surface area contributed by atoms with Crippen molar-refractivity contribution < 1.29 is 0 Å². The Morgan fingerprint density at radius 1 is 1.67 bits per heavy atom. The monoisotopic (exact) mass is 147 g/mol. The number of nitrogens with two attached hydrogens (primary N) is 2. The normalized spacial score (nSPS) is 8.22. The Morgan fingerprint density at radius 3 is 2.00 bits per heavy atom. The molecule has 0 amide bonds. The van der Waals surface area contributed by atoms with E-state index < -0.39 is 0 Å². The molecule has 0 unspecified atom stereocenters. The van der Waals surface area contributed by atoms with Gasteiger partial charge in [0.15, 0.2) is 5.11 Å². The molecule has 0 heterocycles. The van der Waals surface area contributed by atoms with Gasteiger partial charge in [-0.15, -0.1) is 0 Å². The number of hydrogen-bond donors (Lipinski definition) is 2. The quantitative estimate of drug-likeness (QED) is 0.300. The highest BCUT2D eigenvalue weighted by Gasteiger charge is 1.67. The molecule has 0 aromatic carbocycles. The van der Waals surface area contributed by atoms with Gasteiger partial charge in [0.25, 0.3) is 0 Å². The van der Waals surface area contributed by atoms with Crippen LogP contribution in [0.3, 0.4) is 0 Å². The molecular weight excluding hydrogens is 134 g/mol.